The van der Waals surface area contributed by atoms with Crippen LogP contribution in [0.1, 0.15) is 0 Å². The van der Waals surface area contributed by atoms with Gasteiger partial charge in [-0.3, -0.25) is 0 Å². The molecule has 0 nitrogen and oxygen atoms in total. The third-order valence-corrected chi connectivity index (χ3v) is 295. The lowest BCUT2D eigenvalue weighted by Gasteiger charge is -2.56. The van der Waals surface area contributed by atoms with Crippen molar-refractivity contribution >= 4 is 344 Å². The SMILES string of the molecule is [PH]PP(P)P(P(P([PH])P)P(P)P)P(P(P(P(P)P)P(P)P)P(P(P)P)P(P)P)P(P(P(P)P)P(P)P)P(P(P)P)P(P)P. The van der Waals surface area contributed by atoms with E-state index >= 15 is 0 Å². The normalized spacial score (nSPS) is 15.9. The van der Waals surface area contributed by atoms with Crippen molar-refractivity contribution in [2.24, 2.45) is 0 Å². The van der Waals surface area contributed by atoms with Gasteiger partial charge in [0.2, 0.25) is 0 Å². The van der Waals surface area contributed by atoms with Crippen LogP contribution >= 0.6 is 344 Å². The number of rotatable bonds is 20. The molecule has 0 rings (SSSR count). The summed E-state index contributed by atoms with van der Waals surface area (Å²) >= 11 is 0. The van der Waals surface area contributed by atoms with Gasteiger partial charge in [-0.05, 0) is 140 Å². The molecule has 2 radical (unpaired) electrons. The Morgan fingerprint density at radius 3 is 0.605 bits per heavy atom. The summed E-state index contributed by atoms with van der Waals surface area (Å²) in [6.07, 6.45) is 0. The third-order valence-electron chi connectivity index (χ3n) is 3.64. The zero-order valence-corrected chi connectivity index (χ0v) is 66.0. The molecular weight excluding hydrogens is 1330 g/mol. The summed E-state index contributed by atoms with van der Waals surface area (Å²) in [6, 6.07) is 0. The van der Waals surface area contributed by atoms with Crippen LogP contribution in [0.15, 0.2) is 0 Å². The fourth-order valence-electron chi connectivity index (χ4n) is 2.44. The second kappa shape index (κ2) is 33.9. The van der Waals surface area contributed by atoms with Gasteiger partial charge in [0.15, 0.2) is 0 Å². The van der Waals surface area contributed by atoms with Crippen LogP contribution in [0.25, 0.3) is 0 Å². The molecule has 0 aliphatic rings. The predicted octanol–water partition coefficient (Wildman–Crippen LogP) is 25.5. The molecule has 0 aromatic rings. The summed E-state index contributed by atoms with van der Waals surface area (Å²) < 4.78 is 0. The van der Waals surface area contributed by atoms with E-state index in [9.17, 15) is 0 Å². The molecule has 0 aromatic carbocycles. The minimum Gasteiger partial charge on any atom is -0.102 e. The summed E-state index contributed by atoms with van der Waals surface area (Å²) in [5, 5.41) is 0. The van der Waals surface area contributed by atoms with Crippen molar-refractivity contribution in [3.63, 3.8) is 0 Å². The van der Waals surface area contributed by atoms with Crippen LogP contribution in [0, 0.1) is 0 Å². The fraction of sp³-hybridized carbons (Fsp3) is 0. The van der Waals surface area contributed by atoms with Gasteiger partial charge in [-0.15, -0.1) is 179 Å². The van der Waals surface area contributed by atoms with Crippen LogP contribution in [0.3, 0.4) is 0 Å². The monoisotopic (exact) mass is 1380 g/mol. The molecule has 43 heteroatoms. The quantitative estimate of drug-likeness (QED) is 0.107. The van der Waals surface area contributed by atoms with E-state index in [1.807, 2.05) is 0 Å². The minimum absolute atomic E-state index is 0.0830. The number of hydrogen-bond acceptors (Lipinski definition) is 0. The van der Waals surface area contributed by atoms with E-state index < -0.39 is 0 Å². The second-order valence-electron chi connectivity index (χ2n) is 6.64. The van der Waals surface area contributed by atoms with Gasteiger partial charge >= 0.3 is 0 Å². The van der Waals surface area contributed by atoms with Crippen molar-refractivity contribution < 1.29 is 0 Å². The summed E-state index contributed by atoms with van der Waals surface area (Å²) in [5.41, 5.74) is 0. The molecule has 258 valence electrons. The topological polar surface area (TPSA) is 0 Å². The van der Waals surface area contributed by atoms with Gasteiger partial charge in [-0.2, -0.15) is 0 Å². The highest BCUT2D eigenvalue weighted by molar-refractivity contribution is 9.49. The first-order valence-electron chi connectivity index (χ1n) is 9.66. The van der Waals surface area contributed by atoms with Gasteiger partial charge in [-0.25, -0.2) is 0 Å². The van der Waals surface area contributed by atoms with Gasteiger partial charge < -0.3 is 0 Å². The molecule has 0 spiro atoms. The lowest BCUT2D eigenvalue weighted by Crippen LogP contribution is -1.69. The fourth-order valence-corrected chi connectivity index (χ4v) is 593. The van der Waals surface area contributed by atoms with Crippen molar-refractivity contribution in [3.8, 4) is 0 Å². The Hall–Kier alpha value is 18.5. The summed E-state index contributed by atoms with van der Waals surface area (Å²) in [6.45, 7) is -2.66. The average Bonchev–Trinajstić information content (AvgIpc) is 2.80. The molecule has 0 saturated carbocycles. The highest BCUT2D eigenvalue weighted by atomic mass is 33.5. The summed E-state index contributed by atoms with van der Waals surface area (Å²) in [7, 11) is 77.8. The second-order valence-corrected chi connectivity index (χ2v) is 179. The van der Waals surface area contributed by atoms with Gasteiger partial charge in [0, 0.05) is 0 Å². The smallest absolute Gasteiger partial charge is 0.0000767 e. The molecule has 0 N–H and O–H groups in total. The van der Waals surface area contributed by atoms with E-state index in [4.69, 9.17) is 0 Å². The van der Waals surface area contributed by atoms with E-state index in [1.54, 1.807) is 0 Å². The molecule has 0 bridgehead atoms. The van der Waals surface area contributed by atoms with Crippen molar-refractivity contribution in [2.45, 2.75) is 0 Å². The van der Waals surface area contributed by atoms with Crippen LogP contribution in [-0.2, 0) is 0 Å². The summed E-state index contributed by atoms with van der Waals surface area (Å²) in [5.74, 6) is 0. The number of hydrogen-bond donors (Lipinski definition) is 0. The first kappa shape index (κ1) is 61.5. The van der Waals surface area contributed by atoms with Crippen LogP contribution in [0.4, 0.5) is 0 Å². The molecule has 25 unspecified atom stereocenters. The third kappa shape index (κ3) is 22.2. The van der Waals surface area contributed by atoms with E-state index in [1.165, 1.54) is 0 Å². The maximum atomic E-state index is 4.41. The first-order valence-corrected chi connectivity index (χ1v) is 87.0. The van der Waals surface area contributed by atoms with E-state index in [-0.39, 0.29) is 140 Å². The van der Waals surface area contributed by atoms with Gasteiger partial charge in [0.1, 0.15) is 0 Å². The minimum atomic E-state index is -0.249. The molecule has 0 heterocycles. The van der Waals surface area contributed by atoms with Crippen LogP contribution < -0.4 is 0 Å². The Morgan fingerprint density at radius 1 is 0.279 bits per heavy atom. The maximum absolute atomic E-state index is 4.41. The highest BCUT2D eigenvalue weighted by Gasteiger charge is 2.56. The molecule has 0 amide bonds. The molecular formula is H43P43. The molecule has 0 aromatic heterocycles. The Kier molecular flexibility index (Phi) is 48.4. The van der Waals surface area contributed by atoms with Crippen LogP contribution in [0.5, 0.6) is 0 Å². The Balaban J connectivity index is 8.72. The lowest BCUT2D eigenvalue weighted by molar-refractivity contribution is 4.37. The zero-order chi connectivity index (χ0) is 34.3. The molecule has 0 aliphatic carbocycles. The van der Waals surface area contributed by atoms with Gasteiger partial charge in [0.05, 0.1) is 0 Å². The largest absolute Gasteiger partial charge is 0.102 e. The van der Waals surface area contributed by atoms with Crippen LogP contribution in [0.2, 0.25) is 0 Å². The highest BCUT2D eigenvalue weighted by Crippen LogP contribution is 3.44. The van der Waals surface area contributed by atoms with Crippen molar-refractivity contribution in [2.75, 3.05) is 0 Å². The molecule has 43 heavy (non-hydrogen) atoms. The first-order chi connectivity index (χ1) is 19.6. The molecule has 25 atom stereocenters. The van der Waals surface area contributed by atoms with Crippen molar-refractivity contribution in [1.29, 1.82) is 0 Å². The Morgan fingerprint density at radius 2 is 0.465 bits per heavy atom. The standard InChI is InChI=1S/H43P43/c1-23-34(22)40(35(24(2)3)25(4)5)43(41(36(26(6)7)27(8)9)37(28(10)11)29(12)13)42(38(30(14)15)31(16)17)39(32(18)19)33(20)21/h1-2,23H,3-22H2. The van der Waals surface area contributed by atoms with Crippen molar-refractivity contribution in [3.05, 3.63) is 0 Å². The predicted molar refractivity (Wildman–Crippen MR) is 358 cm³/mol. The van der Waals surface area contributed by atoms with E-state index in [0.717, 1.165) is 7.96 Å². The van der Waals surface area contributed by atoms with Gasteiger partial charge in [-0.1, -0.05) is 25.8 Å². The van der Waals surface area contributed by atoms with Crippen molar-refractivity contribution in [1.82, 2.24) is 0 Å². The van der Waals surface area contributed by atoms with Gasteiger partial charge in [0.25, 0.3) is 0 Å². The Bertz CT molecular complexity index is 580. The van der Waals surface area contributed by atoms with Crippen LogP contribution in [-0.4, -0.2) is 0 Å². The summed E-state index contributed by atoms with van der Waals surface area (Å²) in [4.78, 5) is 0. The molecule has 0 aliphatic heterocycles. The Labute approximate surface area is 339 Å². The van der Waals surface area contributed by atoms with E-state index in [2.05, 4.69) is 196 Å². The maximum Gasteiger partial charge on any atom is -0.0000767 e. The zero-order valence-electron chi connectivity index (χ0n) is 22.0. The van der Waals surface area contributed by atoms with E-state index in [0.29, 0.717) is 0 Å². The average molecular weight is 1380 g/mol. The molecule has 0 fully saturated rings. The lowest BCUT2D eigenvalue weighted by atomic mass is 28.4. The molecule has 0 saturated heterocycles.